The molecule has 0 saturated heterocycles. The molecule has 264 valence electrons. The van der Waals surface area contributed by atoms with Crippen molar-refractivity contribution in [3.63, 3.8) is 0 Å². The minimum Gasteiger partial charge on any atom is -0.495 e. The molecule has 0 radical (unpaired) electrons. The van der Waals surface area contributed by atoms with Gasteiger partial charge in [-0.1, -0.05) is 43.3 Å². The van der Waals surface area contributed by atoms with Crippen molar-refractivity contribution in [3.05, 3.63) is 100 Å². The molecule has 0 bridgehead atoms. The molecule has 0 amide bonds. The summed E-state index contributed by atoms with van der Waals surface area (Å²) in [5.41, 5.74) is 1.01. The summed E-state index contributed by atoms with van der Waals surface area (Å²) in [4.78, 5) is 16.2. The van der Waals surface area contributed by atoms with E-state index in [1.54, 1.807) is 29.0 Å². The summed E-state index contributed by atoms with van der Waals surface area (Å²) in [6.07, 6.45) is 1.60. The van der Waals surface area contributed by atoms with Gasteiger partial charge in [0.2, 0.25) is 10.0 Å². The highest BCUT2D eigenvalue weighted by atomic mass is 35.5. The number of ether oxygens (including phenoxy) is 1. The Kier molecular flexibility index (Phi) is 12.5. The molecule has 15 heteroatoms. The van der Waals surface area contributed by atoms with E-state index in [2.05, 4.69) is 4.98 Å². The zero-order chi connectivity index (χ0) is 36.1. The van der Waals surface area contributed by atoms with Crippen LogP contribution >= 0.6 is 23.4 Å². The lowest BCUT2D eigenvalue weighted by atomic mass is 9.81. The molecule has 1 aromatic heterocycles. The van der Waals surface area contributed by atoms with E-state index in [0.29, 0.717) is 40.3 Å². The van der Waals surface area contributed by atoms with Crippen LogP contribution in [-0.4, -0.2) is 74.2 Å². The van der Waals surface area contributed by atoms with Gasteiger partial charge < -0.3 is 14.7 Å². The van der Waals surface area contributed by atoms with Crippen LogP contribution in [0.1, 0.15) is 43.5 Å². The monoisotopic (exact) mass is 739 g/mol. The molecule has 0 aliphatic rings. The van der Waals surface area contributed by atoms with Crippen LogP contribution in [0, 0.1) is 17.5 Å². The SMILES string of the molecule is COc1cc(C(C)(C)c2cnc(SCc3c(F)cc(S(=O)(=O)N(CCC[NH+](C)C)CCC(=O)O)cc3F)n2-c2ccc(F)cc2)ccc1Cl. The van der Waals surface area contributed by atoms with Gasteiger partial charge in [0.1, 0.15) is 23.2 Å². The average Bonchev–Trinajstić information content (AvgIpc) is 3.47. The number of hydrogen-bond acceptors (Lipinski definition) is 6. The molecule has 9 nitrogen and oxygen atoms in total. The van der Waals surface area contributed by atoms with Gasteiger partial charge in [0.05, 0.1) is 56.0 Å². The number of sulfonamides is 1. The first-order valence-electron chi connectivity index (χ1n) is 15.4. The van der Waals surface area contributed by atoms with Crippen molar-refractivity contribution >= 4 is 39.4 Å². The summed E-state index contributed by atoms with van der Waals surface area (Å²) in [6, 6.07) is 12.6. The molecule has 1 heterocycles. The second-order valence-corrected chi connectivity index (χ2v) is 15.5. The first kappa shape index (κ1) is 38.2. The molecular weight excluding hydrogens is 701 g/mol. The summed E-state index contributed by atoms with van der Waals surface area (Å²) < 4.78 is 80.0. The fourth-order valence-electron chi connectivity index (χ4n) is 5.25. The van der Waals surface area contributed by atoms with E-state index in [-0.39, 0.29) is 24.4 Å². The number of halogens is 4. The van der Waals surface area contributed by atoms with Gasteiger partial charge in [0.25, 0.3) is 0 Å². The summed E-state index contributed by atoms with van der Waals surface area (Å²) in [7, 11) is 0.887. The minimum absolute atomic E-state index is 0.00480. The predicted octanol–water partition coefficient (Wildman–Crippen LogP) is 5.57. The molecule has 0 fully saturated rings. The van der Waals surface area contributed by atoms with Crippen LogP contribution in [0.4, 0.5) is 13.2 Å². The van der Waals surface area contributed by atoms with Crippen molar-refractivity contribution in [2.45, 2.75) is 47.9 Å². The molecule has 0 atom stereocenters. The minimum atomic E-state index is -4.41. The number of methoxy groups -OCH3 is 1. The predicted molar refractivity (Wildman–Crippen MR) is 183 cm³/mol. The molecule has 4 aromatic rings. The van der Waals surface area contributed by atoms with Gasteiger partial charge >= 0.3 is 5.97 Å². The quantitative estimate of drug-likeness (QED) is 0.145. The molecule has 0 unspecified atom stereocenters. The smallest absolute Gasteiger partial charge is 0.304 e. The summed E-state index contributed by atoms with van der Waals surface area (Å²) >= 11 is 7.29. The lowest BCUT2D eigenvalue weighted by molar-refractivity contribution is -0.858. The Morgan fingerprint density at radius 3 is 2.31 bits per heavy atom. The average molecular weight is 740 g/mol. The molecular formula is C34H39ClF3N4O5S2+. The third-order valence-electron chi connectivity index (χ3n) is 8.08. The molecule has 3 aromatic carbocycles. The number of thioether (sulfide) groups is 1. The van der Waals surface area contributed by atoms with E-state index in [4.69, 9.17) is 21.4 Å². The zero-order valence-corrected chi connectivity index (χ0v) is 30.2. The van der Waals surface area contributed by atoms with Gasteiger partial charge in [0, 0.05) is 41.9 Å². The number of aliphatic carboxylic acids is 1. The highest BCUT2D eigenvalue weighted by Crippen LogP contribution is 2.39. The van der Waals surface area contributed by atoms with Crippen LogP contribution < -0.4 is 9.64 Å². The highest BCUT2D eigenvalue weighted by Gasteiger charge is 2.31. The number of benzene rings is 3. The Labute approximate surface area is 293 Å². The lowest BCUT2D eigenvalue weighted by Gasteiger charge is -2.28. The molecule has 0 aliphatic carbocycles. The van der Waals surface area contributed by atoms with E-state index in [0.717, 1.165) is 38.7 Å². The Hall–Kier alpha value is -3.56. The van der Waals surface area contributed by atoms with Gasteiger partial charge in [-0.2, -0.15) is 4.31 Å². The number of imidazole rings is 1. The van der Waals surface area contributed by atoms with Crippen molar-refractivity contribution in [2.75, 3.05) is 40.8 Å². The van der Waals surface area contributed by atoms with Gasteiger partial charge in [-0.15, -0.1) is 0 Å². The molecule has 0 aliphatic heterocycles. The number of aromatic nitrogens is 2. The van der Waals surface area contributed by atoms with Gasteiger partial charge in [-0.05, 0) is 54.1 Å². The number of nitrogens with zero attached hydrogens (tertiary/aromatic N) is 3. The van der Waals surface area contributed by atoms with Crippen molar-refractivity contribution in [2.24, 2.45) is 0 Å². The maximum atomic E-state index is 15.5. The standard InChI is InChI=1S/C34H38ClF3N4O5S2/c1-34(2,22-7-12-27(35)30(17-22)47-5)31-20-39-33(42(31)24-10-8-23(36)9-11-24)48-21-26-28(37)18-25(19-29(26)38)49(45,46)41(16-13-32(43)44)15-6-14-40(3)4/h7-12,17-20H,6,13-16,21H2,1-5H3,(H,43,44)/p+1. The number of carbonyl (C=O) groups is 1. The Bertz CT molecular complexity index is 1880. The van der Waals surface area contributed by atoms with Crippen LogP contribution in [0.3, 0.4) is 0 Å². The molecule has 0 spiro atoms. The van der Waals surface area contributed by atoms with E-state index in [1.165, 1.54) is 19.2 Å². The van der Waals surface area contributed by atoms with Crippen molar-refractivity contribution < 1.29 is 41.1 Å². The second kappa shape index (κ2) is 16.0. The maximum absolute atomic E-state index is 15.5. The number of nitrogens with one attached hydrogen (secondary N) is 1. The number of hydrogen-bond donors (Lipinski definition) is 2. The Morgan fingerprint density at radius 2 is 1.71 bits per heavy atom. The lowest BCUT2D eigenvalue weighted by Crippen LogP contribution is -3.05. The normalized spacial score (nSPS) is 12.2. The van der Waals surface area contributed by atoms with Gasteiger partial charge in [0.15, 0.2) is 5.16 Å². The van der Waals surface area contributed by atoms with Crippen LogP contribution in [0.25, 0.3) is 5.69 Å². The number of rotatable bonds is 16. The molecule has 49 heavy (non-hydrogen) atoms. The van der Waals surface area contributed by atoms with Crippen LogP contribution in [0.15, 0.2) is 70.8 Å². The number of quaternary nitrogens is 1. The first-order chi connectivity index (χ1) is 23.1. The third-order valence-corrected chi connectivity index (χ3v) is 11.3. The van der Waals surface area contributed by atoms with Crippen LogP contribution in [0.5, 0.6) is 5.75 Å². The third kappa shape index (κ3) is 8.97. The molecule has 2 N–H and O–H groups in total. The number of carboxylic acid groups (broad SMARTS) is 1. The summed E-state index contributed by atoms with van der Waals surface area (Å²) in [5, 5.41) is 9.94. The van der Waals surface area contributed by atoms with Crippen LogP contribution in [-0.2, 0) is 26.0 Å². The Morgan fingerprint density at radius 1 is 1.06 bits per heavy atom. The van der Waals surface area contributed by atoms with E-state index in [1.807, 2.05) is 40.1 Å². The fourth-order valence-corrected chi connectivity index (χ4v) is 7.96. The largest absolute Gasteiger partial charge is 0.495 e. The maximum Gasteiger partial charge on any atom is 0.304 e. The van der Waals surface area contributed by atoms with E-state index in [9.17, 15) is 17.6 Å². The van der Waals surface area contributed by atoms with E-state index < -0.39 is 50.2 Å². The van der Waals surface area contributed by atoms with Crippen LogP contribution in [0.2, 0.25) is 5.02 Å². The summed E-state index contributed by atoms with van der Waals surface area (Å²) in [6.45, 7) is 4.19. The van der Waals surface area contributed by atoms with Gasteiger partial charge in [-0.3, -0.25) is 9.36 Å². The second-order valence-electron chi connectivity index (χ2n) is 12.2. The Balaban J connectivity index is 1.68. The number of carboxylic acids is 1. The molecule has 4 rings (SSSR count). The van der Waals surface area contributed by atoms with Crippen molar-refractivity contribution in [1.29, 1.82) is 0 Å². The highest BCUT2D eigenvalue weighted by molar-refractivity contribution is 7.98. The first-order valence-corrected chi connectivity index (χ1v) is 18.2. The van der Waals surface area contributed by atoms with Crippen molar-refractivity contribution in [1.82, 2.24) is 13.9 Å². The topological polar surface area (TPSA) is 106 Å². The van der Waals surface area contributed by atoms with E-state index >= 15 is 8.78 Å². The molecule has 0 saturated carbocycles. The summed E-state index contributed by atoms with van der Waals surface area (Å²) in [5.74, 6) is -3.56. The van der Waals surface area contributed by atoms with Crippen molar-refractivity contribution in [3.8, 4) is 11.4 Å². The zero-order valence-electron chi connectivity index (χ0n) is 27.8. The van der Waals surface area contributed by atoms with Gasteiger partial charge in [-0.25, -0.2) is 26.6 Å². The fraction of sp³-hybridized carbons (Fsp3) is 0.353.